The molecule has 212 valence electrons. The molecule has 4 unspecified atom stereocenters. The molecule has 2 aliphatic heterocycles. The zero-order valence-electron chi connectivity index (χ0n) is 24.4. The summed E-state index contributed by atoms with van der Waals surface area (Å²) >= 11 is 0. The van der Waals surface area contributed by atoms with Crippen LogP contribution in [0, 0.1) is 0 Å². The number of rotatable bonds is 4. The fourth-order valence-corrected chi connectivity index (χ4v) is 7.64. The van der Waals surface area contributed by atoms with Gasteiger partial charge in [0.2, 0.25) is 0 Å². The summed E-state index contributed by atoms with van der Waals surface area (Å²) < 4.78 is 13.1. The van der Waals surface area contributed by atoms with Crippen molar-refractivity contribution in [1.29, 1.82) is 0 Å². The highest BCUT2D eigenvalue weighted by Crippen LogP contribution is 2.55. The summed E-state index contributed by atoms with van der Waals surface area (Å²) in [6.45, 7) is 0. The van der Waals surface area contributed by atoms with Crippen LogP contribution in [-0.4, -0.2) is 12.2 Å². The van der Waals surface area contributed by atoms with Crippen LogP contribution in [0.5, 0.6) is 11.5 Å². The Morgan fingerprint density at radius 1 is 0.341 bits per heavy atom. The van der Waals surface area contributed by atoms with Crippen molar-refractivity contribution < 1.29 is 9.47 Å². The van der Waals surface area contributed by atoms with Crippen LogP contribution in [0.1, 0.15) is 35.8 Å². The standard InChI is InChI=1S/C42H32O2/c1-3-9-27(10-4-1)29-13-7-15-31(21-29)33-17-19-39-35(23-33)37-25-38-36-24-34(18-20-40(36)44-42(38)26-41(37)43-39)32-16-8-14-30(22-32)28-11-5-2-6-12-28/h1-24,37-38,41-42H,25-26H2. The van der Waals surface area contributed by atoms with Gasteiger partial charge in [0, 0.05) is 29.4 Å². The number of fused-ring (bicyclic) bond motifs is 6. The summed E-state index contributed by atoms with van der Waals surface area (Å²) in [5.41, 5.74) is 12.6. The van der Waals surface area contributed by atoms with Crippen molar-refractivity contribution in [2.45, 2.75) is 36.9 Å². The quantitative estimate of drug-likeness (QED) is 0.211. The minimum Gasteiger partial charge on any atom is -0.489 e. The molecule has 1 fully saturated rings. The van der Waals surface area contributed by atoms with E-state index in [0.29, 0.717) is 11.8 Å². The van der Waals surface area contributed by atoms with Crippen LogP contribution in [-0.2, 0) is 0 Å². The average Bonchev–Trinajstić information content (AvgIpc) is 3.64. The van der Waals surface area contributed by atoms with Gasteiger partial charge in [-0.15, -0.1) is 0 Å². The van der Waals surface area contributed by atoms with Crippen LogP contribution in [0.25, 0.3) is 44.5 Å². The molecular weight excluding hydrogens is 536 g/mol. The molecule has 6 aromatic rings. The lowest BCUT2D eigenvalue weighted by atomic mass is 9.73. The van der Waals surface area contributed by atoms with Gasteiger partial charge in [0.05, 0.1) is 0 Å². The summed E-state index contributed by atoms with van der Waals surface area (Å²) in [4.78, 5) is 0. The molecule has 1 saturated carbocycles. The Balaban J connectivity index is 1.02. The fourth-order valence-electron chi connectivity index (χ4n) is 7.64. The zero-order valence-corrected chi connectivity index (χ0v) is 24.4. The van der Waals surface area contributed by atoms with Crippen LogP contribution in [0.3, 0.4) is 0 Å². The maximum absolute atomic E-state index is 6.57. The molecule has 1 aliphatic carbocycles. The first kappa shape index (κ1) is 25.4. The fraction of sp³-hybridized carbons (Fsp3) is 0.143. The second kappa shape index (κ2) is 10.3. The SMILES string of the molecule is c1ccc(-c2cccc(-c3ccc4c(c3)C3CC5c6cc(-c7cccc(-c8ccccc8)c7)ccc6OC5CC3O4)c2)cc1. The zero-order chi connectivity index (χ0) is 29.0. The summed E-state index contributed by atoms with van der Waals surface area (Å²) in [7, 11) is 0. The van der Waals surface area contributed by atoms with E-state index in [9.17, 15) is 0 Å². The third kappa shape index (κ3) is 4.33. The van der Waals surface area contributed by atoms with Crippen molar-refractivity contribution >= 4 is 0 Å². The average molecular weight is 569 g/mol. The van der Waals surface area contributed by atoms with E-state index < -0.39 is 0 Å². The Kier molecular flexibility index (Phi) is 5.94. The highest BCUT2D eigenvalue weighted by Gasteiger charge is 2.48. The van der Waals surface area contributed by atoms with Crippen LogP contribution >= 0.6 is 0 Å². The highest BCUT2D eigenvalue weighted by molar-refractivity contribution is 5.76. The molecule has 2 heterocycles. The van der Waals surface area contributed by atoms with E-state index in [-0.39, 0.29) is 12.2 Å². The largest absolute Gasteiger partial charge is 0.489 e. The normalized spacial score (nSPS) is 20.9. The lowest BCUT2D eigenvalue weighted by molar-refractivity contribution is 0.0721. The van der Waals surface area contributed by atoms with E-state index in [1.54, 1.807) is 0 Å². The Hall–Kier alpha value is -5.08. The monoisotopic (exact) mass is 568 g/mol. The molecule has 9 rings (SSSR count). The lowest BCUT2D eigenvalue weighted by Gasteiger charge is -2.33. The van der Waals surface area contributed by atoms with Crippen molar-refractivity contribution in [3.05, 3.63) is 157 Å². The lowest BCUT2D eigenvalue weighted by Crippen LogP contribution is -2.36. The van der Waals surface area contributed by atoms with Crippen LogP contribution in [0.15, 0.2) is 146 Å². The van der Waals surface area contributed by atoms with Crippen molar-refractivity contribution in [2.75, 3.05) is 0 Å². The molecule has 0 amide bonds. The maximum Gasteiger partial charge on any atom is 0.123 e. The van der Waals surface area contributed by atoms with Crippen molar-refractivity contribution in [3.63, 3.8) is 0 Å². The van der Waals surface area contributed by atoms with E-state index in [4.69, 9.17) is 9.47 Å². The first-order valence-electron chi connectivity index (χ1n) is 15.7. The number of hydrogen-bond acceptors (Lipinski definition) is 2. The Morgan fingerprint density at radius 3 is 1.18 bits per heavy atom. The second-order valence-corrected chi connectivity index (χ2v) is 12.4. The molecule has 0 N–H and O–H groups in total. The van der Waals surface area contributed by atoms with Gasteiger partial charge in [-0.2, -0.15) is 0 Å². The molecule has 2 nitrogen and oxygen atoms in total. The smallest absolute Gasteiger partial charge is 0.123 e. The number of ether oxygens (including phenoxy) is 2. The Bertz CT molecular complexity index is 1850. The molecule has 4 atom stereocenters. The molecule has 0 spiro atoms. The van der Waals surface area contributed by atoms with Gasteiger partial charge in [-0.3, -0.25) is 0 Å². The van der Waals surface area contributed by atoms with E-state index in [2.05, 4.69) is 146 Å². The molecule has 44 heavy (non-hydrogen) atoms. The number of benzene rings is 6. The molecule has 0 aromatic heterocycles. The van der Waals surface area contributed by atoms with Gasteiger partial charge in [-0.25, -0.2) is 0 Å². The topological polar surface area (TPSA) is 18.5 Å². The Labute approximate surface area is 258 Å². The molecule has 2 heteroatoms. The van der Waals surface area contributed by atoms with Gasteiger partial charge < -0.3 is 9.47 Å². The first-order chi connectivity index (χ1) is 21.8. The first-order valence-corrected chi connectivity index (χ1v) is 15.7. The minimum atomic E-state index is 0.161. The predicted molar refractivity (Wildman–Crippen MR) is 178 cm³/mol. The molecule has 3 aliphatic rings. The van der Waals surface area contributed by atoms with Crippen molar-refractivity contribution in [1.82, 2.24) is 0 Å². The van der Waals surface area contributed by atoms with Gasteiger partial charge in [-0.1, -0.05) is 109 Å². The molecular formula is C42H32O2. The Morgan fingerprint density at radius 2 is 0.727 bits per heavy atom. The van der Waals surface area contributed by atoms with Crippen LogP contribution in [0.4, 0.5) is 0 Å². The summed E-state index contributed by atoms with van der Waals surface area (Å²) in [5.74, 6) is 2.80. The van der Waals surface area contributed by atoms with Crippen molar-refractivity contribution in [3.8, 4) is 56.0 Å². The molecule has 0 saturated heterocycles. The third-order valence-corrected chi connectivity index (χ3v) is 9.85. The number of hydrogen-bond donors (Lipinski definition) is 0. The maximum atomic E-state index is 6.57. The van der Waals surface area contributed by atoms with Crippen molar-refractivity contribution in [2.24, 2.45) is 0 Å². The summed E-state index contributed by atoms with van der Waals surface area (Å²) in [6.07, 6.45) is 2.27. The third-order valence-electron chi connectivity index (χ3n) is 9.85. The predicted octanol–water partition coefficient (Wildman–Crippen LogP) is 10.5. The minimum absolute atomic E-state index is 0.161. The van der Waals surface area contributed by atoms with Crippen LogP contribution < -0.4 is 9.47 Å². The van der Waals surface area contributed by atoms with Gasteiger partial charge in [-0.05, 0) is 87.3 Å². The van der Waals surface area contributed by atoms with Gasteiger partial charge in [0.25, 0.3) is 0 Å². The van der Waals surface area contributed by atoms with E-state index in [0.717, 1.165) is 24.3 Å². The molecule has 6 aromatic carbocycles. The molecule has 0 radical (unpaired) electrons. The van der Waals surface area contributed by atoms with Gasteiger partial charge in [0.1, 0.15) is 23.7 Å². The van der Waals surface area contributed by atoms with Crippen LogP contribution in [0.2, 0.25) is 0 Å². The summed E-state index contributed by atoms with van der Waals surface area (Å²) in [5, 5.41) is 0. The van der Waals surface area contributed by atoms with E-state index >= 15 is 0 Å². The highest BCUT2D eigenvalue weighted by atomic mass is 16.5. The molecule has 0 bridgehead atoms. The second-order valence-electron chi connectivity index (χ2n) is 12.4. The summed E-state index contributed by atoms with van der Waals surface area (Å²) in [6, 6.07) is 52.5. The van der Waals surface area contributed by atoms with E-state index in [1.165, 1.54) is 55.6 Å². The van der Waals surface area contributed by atoms with Gasteiger partial charge >= 0.3 is 0 Å². The van der Waals surface area contributed by atoms with Gasteiger partial charge in [0.15, 0.2) is 0 Å². The van der Waals surface area contributed by atoms with E-state index in [1.807, 2.05) is 0 Å².